The van der Waals surface area contributed by atoms with E-state index in [4.69, 9.17) is 0 Å². The van der Waals surface area contributed by atoms with Crippen molar-refractivity contribution in [2.24, 2.45) is 11.8 Å². The molecule has 1 fully saturated rings. The molecule has 2 aromatic rings. The van der Waals surface area contributed by atoms with Gasteiger partial charge in [0.1, 0.15) is 28.7 Å². The van der Waals surface area contributed by atoms with Gasteiger partial charge in [0.15, 0.2) is 11.6 Å². The van der Waals surface area contributed by atoms with Crippen molar-refractivity contribution in [3.05, 3.63) is 65.4 Å². The van der Waals surface area contributed by atoms with Crippen LogP contribution >= 0.6 is 0 Å². The lowest BCUT2D eigenvalue weighted by atomic mass is 9.79. The Morgan fingerprint density at radius 2 is 1.41 bits per heavy atom. The van der Waals surface area contributed by atoms with Crippen LogP contribution in [0.3, 0.4) is 0 Å². The molecule has 0 unspecified atom stereocenters. The summed E-state index contributed by atoms with van der Waals surface area (Å²) in [6, 6.07) is -1.00. The first kappa shape index (κ1) is 30.4. The van der Waals surface area contributed by atoms with Gasteiger partial charge in [-0.25, -0.2) is 13.2 Å². The first-order valence-electron chi connectivity index (χ1n) is 12.0. The van der Waals surface area contributed by atoms with Gasteiger partial charge in [-0.05, 0) is 43.7 Å². The van der Waals surface area contributed by atoms with E-state index in [0.717, 1.165) is 19.3 Å². The standard InChI is InChI=1S/C26H24F10O3/c1-2-3-4-14-5-7-15(8-6-14)25(33,34)39-17-12-19(28)22(20(29)13-17)26(35,36)38-16-9-10-21(18(27)11-16)37-24(32)23(30)31/h9-15H,2-8H2,1H3. The second kappa shape index (κ2) is 12.4. The molecule has 13 heteroatoms. The van der Waals surface area contributed by atoms with Crippen LogP contribution in [0.5, 0.6) is 17.2 Å². The van der Waals surface area contributed by atoms with Crippen molar-refractivity contribution in [3.8, 4) is 17.2 Å². The fourth-order valence-electron chi connectivity index (χ4n) is 4.37. The molecule has 39 heavy (non-hydrogen) atoms. The van der Waals surface area contributed by atoms with Crippen LogP contribution in [-0.4, -0.2) is 6.11 Å². The molecule has 0 spiro atoms. The highest BCUT2D eigenvalue weighted by atomic mass is 19.3. The van der Waals surface area contributed by atoms with Gasteiger partial charge >= 0.3 is 24.3 Å². The van der Waals surface area contributed by atoms with E-state index in [2.05, 4.69) is 14.2 Å². The average Bonchev–Trinajstić information content (AvgIpc) is 2.83. The summed E-state index contributed by atoms with van der Waals surface area (Å²) in [5, 5.41) is 0. The number of unbranched alkanes of at least 4 members (excludes halogenated alkanes) is 1. The van der Waals surface area contributed by atoms with E-state index in [1.165, 1.54) is 0 Å². The molecular formula is C26H24F10O3. The largest absolute Gasteiger partial charge is 0.432 e. The highest BCUT2D eigenvalue weighted by molar-refractivity contribution is 5.36. The Morgan fingerprint density at radius 3 is 1.95 bits per heavy atom. The average molecular weight is 574 g/mol. The third kappa shape index (κ3) is 7.72. The maximum Gasteiger partial charge on any atom is 0.432 e. The number of benzene rings is 2. The molecule has 3 rings (SSSR count). The molecule has 1 aliphatic rings. The Hall–Kier alpha value is -3.12. The van der Waals surface area contributed by atoms with E-state index in [1.807, 2.05) is 6.92 Å². The lowest BCUT2D eigenvalue weighted by Crippen LogP contribution is -2.37. The SMILES string of the molecule is CCCCC1CCC(C(F)(F)Oc2cc(F)c(C(F)(F)Oc3ccc(OC(F)=C(F)F)c(F)c3)c(F)c2)CC1. The van der Waals surface area contributed by atoms with Crippen LogP contribution < -0.4 is 14.2 Å². The van der Waals surface area contributed by atoms with Crippen LogP contribution in [0.4, 0.5) is 43.9 Å². The summed E-state index contributed by atoms with van der Waals surface area (Å²) in [7, 11) is 0. The van der Waals surface area contributed by atoms with Gasteiger partial charge in [0.2, 0.25) is 0 Å². The summed E-state index contributed by atoms with van der Waals surface area (Å²) in [6.45, 7) is 2.02. The molecule has 3 nitrogen and oxygen atoms in total. The number of hydrogen-bond acceptors (Lipinski definition) is 3. The molecule has 0 aromatic heterocycles. The first-order valence-corrected chi connectivity index (χ1v) is 12.0. The minimum absolute atomic E-state index is 0.127. The number of halogens is 10. The van der Waals surface area contributed by atoms with E-state index < -0.39 is 70.5 Å². The van der Waals surface area contributed by atoms with Crippen LogP contribution in [0.1, 0.15) is 57.4 Å². The summed E-state index contributed by atoms with van der Waals surface area (Å²) in [5.41, 5.74) is -1.98. The first-order chi connectivity index (χ1) is 18.2. The summed E-state index contributed by atoms with van der Waals surface area (Å²) in [4.78, 5) is 0. The van der Waals surface area contributed by atoms with Crippen LogP contribution in [0, 0.1) is 29.3 Å². The zero-order chi connectivity index (χ0) is 29.0. The lowest BCUT2D eigenvalue weighted by Gasteiger charge is -2.33. The second-order valence-electron chi connectivity index (χ2n) is 9.13. The molecule has 0 heterocycles. The van der Waals surface area contributed by atoms with E-state index in [9.17, 15) is 43.9 Å². The van der Waals surface area contributed by atoms with Gasteiger partial charge < -0.3 is 14.2 Å². The smallest absolute Gasteiger partial charge is 0.432 e. The van der Waals surface area contributed by atoms with Gasteiger partial charge in [-0.1, -0.05) is 26.2 Å². The van der Waals surface area contributed by atoms with Gasteiger partial charge in [0.25, 0.3) is 0 Å². The summed E-state index contributed by atoms with van der Waals surface area (Å²) in [5.74, 6) is -9.70. The Bertz CT molecular complexity index is 1150. The summed E-state index contributed by atoms with van der Waals surface area (Å²) >= 11 is 0. The quantitative estimate of drug-likeness (QED) is 0.198. The zero-order valence-electron chi connectivity index (χ0n) is 20.5. The molecule has 0 radical (unpaired) electrons. The highest BCUT2D eigenvalue weighted by Crippen LogP contribution is 2.43. The van der Waals surface area contributed by atoms with Gasteiger partial charge in [-0.3, -0.25) is 0 Å². The van der Waals surface area contributed by atoms with Gasteiger partial charge in [0, 0.05) is 18.2 Å². The summed E-state index contributed by atoms with van der Waals surface area (Å²) in [6.07, 6.45) is -7.29. The van der Waals surface area contributed by atoms with Crippen molar-refractivity contribution in [2.75, 3.05) is 0 Å². The zero-order valence-corrected chi connectivity index (χ0v) is 20.5. The van der Waals surface area contributed by atoms with Crippen molar-refractivity contribution >= 4 is 0 Å². The normalized spacial score (nSPS) is 18.0. The lowest BCUT2D eigenvalue weighted by molar-refractivity contribution is -0.223. The number of alkyl halides is 4. The highest BCUT2D eigenvalue weighted by Gasteiger charge is 2.45. The topological polar surface area (TPSA) is 27.7 Å². The van der Waals surface area contributed by atoms with E-state index >= 15 is 0 Å². The van der Waals surface area contributed by atoms with Crippen molar-refractivity contribution in [1.82, 2.24) is 0 Å². The molecule has 0 aliphatic heterocycles. The fourth-order valence-corrected chi connectivity index (χ4v) is 4.37. The summed E-state index contributed by atoms with van der Waals surface area (Å²) < 4.78 is 151. The fraction of sp³-hybridized carbons (Fsp3) is 0.462. The maximum atomic E-state index is 14.7. The Balaban J connectivity index is 1.72. The van der Waals surface area contributed by atoms with Crippen molar-refractivity contribution < 1.29 is 58.1 Å². The van der Waals surface area contributed by atoms with Gasteiger partial charge in [-0.15, -0.1) is 0 Å². The van der Waals surface area contributed by atoms with E-state index in [0.29, 0.717) is 30.9 Å². The van der Waals surface area contributed by atoms with E-state index in [-0.39, 0.29) is 31.0 Å². The molecule has 0 atom stereocenters. The molecule has 0 bridgehead atoms. The maximum absolute atomic E-state index is 14.7. The van der Waals surface area contributed by atoms with Crippen LogP contribution in [-0.2, 0) is 6.11 Å². The monoisotopic (exact) mass is 574 g/mol. The Morgan fingerprint density at radius 1 is 0.821 bits per heavy atom. The van der Waals surface area contributed by atoms with Gasteiger partial charge in [-0.2, -0.15) is 30.7 Å². The minimum Gasteiger partial charge on any atom is -0.432 e. The van der Waals surface area contributed by atoms with Crippen LogP contribution in [0.15, 0.2) is 42.4 Å². The number of rotatable bonds is 11. The molecule has 0 saturated heterocycles. The second-order valence-corrected chi connectivity index (χ2v) is 9.13. The van der Waals surface area contributed by atoms with Gasteiger partial charge in [0.05, 0.1) is 5.92 Å². The Kier molecular flexibility index (Phi) is 9.65. The predicted molar refractivity (Wildman–Crippen MR) is 119 cm³/mol. The molecule has 216 valence electrons. The van der Waals surface area contributed by atoms with E-state index in [1.54, 1.807) is 0 Å². The molecular weight excluding hydrogens is 550 g/mol. The molecule has 2 aromatic carbocycles. The molecule has 0 N–H and O–H groups in total. The molecule has 0 amide bonds. The van der Waals surface area contributed by atoms with Crippen molar-refractivity contribution in [2.45, 2.75) is 64.1 Å². The minimum atomic E-state index is -4.79. The predicted octanol–water partition coefficient (Wildman–Crippen LogP) is 9.61. The third-order valence-corrected chi connectivity index (χ3v) is 6.35. The van der Waals surface area contributed by atoms with Crippen molar-refractivity contribution in [1.29, 1.82) is 0 Å². The van der Waals surface area contributed by atoms with Crippen LogP contribution in [0.25, 0.3) is 0 Å². The number of ether oxygens (including phenoxy) is 3. The Labute approximate surface area is 217 Å². The third-order valence-electron chi connectivity index (χ3n) is 6.35. The molecule has 1 saturated carbocycles. The van der Waals surface area contributed by atoms with Crippen molar-refractivity contribution in [3.63, 3.8) is 0 Å². The molecule has 1 aliphatic carbocycles. The number of hydrogen-bond donors (Lipinski definition) is 0. The van der Waals surface area contributed by atoms with Crippen LogP contribution in [0.2, 0.25) is 0 Å².